The standard InChI is InChI=1S/C20H21ClN2O3S/c1-22(2)27(25,26)17-8-9-19(21)18(14-17)20(24)23-12-10-16(11-13-23)15-6-4-3-5-7-15/h3-10,14H,11-13H2,1-2H3. The van der Waals surface area contributed by atoms with Crippen molar-refractivity contribution in [3.05, 3.63) is 70.8 Å². The first-order chi connectivity index (χ1) is 12.8. The van der Waals surface area contributed by atoms with Crippen LogP contribution < -0.4 is 0 Å². The number of sulfonamides is 1. The van der Waals surface area contributed by atoms with Crippen LogP contribution in [0.3, 0.4) is 0 Å². The Balaban J connectivity index is 1.84. The zero-order valence-corrected chi connectivity index (χ0v) is 16.8. The summed E-state index contributed by atoms with van der Waals surface area (Å²) in [6.45, 7) is 1.02. The molecule has 0 bridgehead atoms. The largest absolute Gasteiger partial charge is 0.335 e. The molecule has 2 aromatic carbocycles. The van der Waals surface area contributed by atoms with E-state index in [-0.39, 0.29) is 21.4 Å². The zero-order valence-electron chi connectivity index (χ0n) is 15.2. The summed E-state index contributed by atoms with van der Waals surface area (Å²) in [5, 5.41) is 0.246. The van der Waals surface area contributed by atoms with E-state index in [0.717, 1.165) is 16.3 Å². The molecule has 5 nitrogen and oxygen atoms in total. The van der Waals surface area contributed by atoms with Crippen LogP contribution >= 0.6 is 11.6 Å². The van der Waals surface area contributed by atoms with E-state index in [1.807, 2.05) is 24.3 Å². The third kappa shape index (κ3) is 4.08. The van der Waals surface area contributed by atoms with Gasteiger partial charge in [0.1, 0.15) is 0 Å². The molecular formula is C20H21ClN2O3S. The highest BCUT2D eigenvalue weighted by Crippen LogP contribution is 2.26. The summed E-state index contributed by atoms with van der Waals surface area (Å²) in [5.41, 5.74) is 2.56. The summed E-state index contributed by atoms with van der Waals surface area (Å²) in [5.74, 6) is -0.265. The van der Waals surface area contributed by atoms with Crippen LogP contribution in [-0.4, -0.2) is 50.7 Å². The molecule has 1 heterocycles. The second-order valence-corrected chi connectivity index (χ2v) is 9.08. The molecule has 0 radical (unpaired) electrons. The van der Waals surface area contributed by atoms with Crippen molar-refractivity contribution in [2.75, 3.05) is 27.2 Å². The molecule has 7 heteroatoms. The minimum absolute atomic E-state index is 0.0535. The molecule has 0 atom stereocenters. The fourth-order valence-corrected chi connectivity index (χ4v) is 4.10. The lowest BCUT2D eigenvalue weighted by atomic mass is 9.99. The van der Waals surface area contributed by atoms with E-state index in [1.54, 1.807) is 4.90 Å². The number of hydrogen-bond acceptors (Lipinski definition) is 3. The molecule has 0 saturated heterocycles. The summed E-state index contributed by atoms with van der Waals surface area (Å²) < 4.78 is 25.8. The molecule has 0 fully saturated rings. The van der Waals surface area contributed by atoms with Crippen molar-refractivity contribution in [3.8, 4) is 0 Å². The maximum atomic E-state index is 12.9. The fourth-order valence-electron chi connectivity index (χ4n) is 2.98. The Morgan fingerprint density at radius 1 is 1.11 bits per heavy atom. The number of halogens is 1. The molecule has 3 rings (SSSR count). The normalized spacial score (nSPS) is 15.0. The van der Waals surface area contributed by atoms with Gasteiger partial charge in [0, 0.05) is 27.2 Å². The fraction of sp³-hybridized carbons (Fsp3) is 0.250. The smallest absolute Gasteiger partial charge is 0.255 e. The van der Waals surface area contributed by atoms with Gasteiger partial charge >= 0.3 is 0 Å². The van der Waals surface area contributed by atoms with E-state index in [0.29, 0.717) is 13.1 Å². The van der Waals surface area contributed by atoms with Crippen LogP contribution in [0.2, 0.25) is 5.02 Å². The van der Waals surface area contributed by atoms with Gasteiger partial charge in [0.2, 0.25) is 10.0 Å². The highest BCUT2D eigenvalue weighted by Gasteiger charge is 2.24. The molecule has 1 amide bonds. The molecule has 27 heavy (non-hydrogen) atoms. The molecule has 0 N–H and O–H groups in total. The molecule has 0 aromatic heterocycles. The maximum Gasteiger partial charge on any atom is 0.255 e. The highest BCUT2D eigenvalue weighted by molar-refractivity contribution is 7.89. The first-order valence-electron chi connectivity index (χ1n) is 8.56. The summed E-state index contributed by atoms with van der Waals surface area (Å²) in [6.07, 6.45) is 2.77. The number of hydrogen-bond donors (Lipinski definition) is 0. The first kappa shape index (κ1) is 19.6. The molecule has 2 aromatic rings. The lowest BCUT2D eigenvalue weighted by molar-refractivity contribution is 0.0773. The van der Waals surface area contributed by atoms with E-state index in [1.165, 1.54) is 37.9 Å². The van der Waals surface area contributed by atoms with E-state index in [4.69, 9.17) is 11.6 Å². The van der Waals surface area contributed by atoms with Crippen molar-refractivity contribution in [1.82, 2.24) is 9.21 Å². The van der Waals surface area contributed by atoms with Crippen LogP contribution in [-0.2, 0) is 10.0 Å². The molecule has 0 spiro atoms. The van der Waals surface area contributed by atoms with Crippen LogP contribution in [0.5, 0.6) is 0 Å². The summed E-state index contributed by atoms with van der Waals surface area (Å²) in [7, 11) is -0.732. The van der Waals surface area contributed by atoms with Crippen LogP contribution in [0.1, 0.15) is 22.3 Å². The van der Waals surface area contributed by atoms with Crippen molar-refractivity contribution in [1.29, 1.82) is 0 Å². The van der Waals surface area contributed by atoms with Crippen LogP contribution in [0.25, 0.3) is 5.57 Å². The molecule has 0 saturated carbocycles. The van der Waals surface area contributed by atoms with Gasteiger partial charge in [0.15, 0.2) is 0 Å². The number of rotatable bonds is 4. The molecule has 1 aliphatic rings. The van der Waals surface area contributed by atoms with Crippen LogP contribution in [0.4, 0.5) is 0 Å². The van der Waals surface area contributed by atoms with Crippen LogP contribution in [0, 0.1) is 0 Å². The van der Waals surface area contributed by atoms with Crippen molar-refractivity contribution in [3.63, 3.8) is 0 Å². The number of carbonyl (C=O) groups excluding carboxylic acids is 1. The van der Waals surface area contributed by atoms with Crippen molar-refractivity contribution >= 4 is 33.1 Å². The second kappa shape index (κ2) is 7.84. The van der Waals surface area contributed by atoms with Gasteiger partial charge in [0.05, 0.1) is 15.5 Å². The third-order valence-electron chi connectivity index (χ3n) is 4.59. The molecule has 0 aliphatic carbocycles. The van der Waals surface area contributed by atoms with E-state index in [2.05, 4.69) is 12.1 Å². The predicted octanol–water partition coefficient (Wildman–Crippen LogP) is 3.52. The quantitative estimate of drug-likeness (QED) is 0.783. The molecular weight excluding hydrogens is 384 g/mol. The van der Waals surface area contributed by atoms with E-state index >= 15 is 0 Å². The number of carbonyl (C=O) groups is 1. The Hall–Kier alpha value is -2.15. The topological polar surface area (TPSA) is 57.7 Å². The van der Waals surface area contributed by atoms with Gasteiger partial charge < -0.3 is 4.90 Å². The Morgan fingerprint density at radius 2 is 1.81 bits per heavy atom. The lowest BCUT2D eigenvalue weighted by Crippen LogP contribution is -2.35. The first-order valence-corrected chi connectivity index (χ1v) is 10.4. The Labute approximate surface area is 164 Å². The van der Waals surface area contributed by atoms with E-state index < -0.39 is 10.0 Å². The minimum Gasteiger partial charge on any atom is -0.335 e. The van der Waals surface area contributed by atoms with Crippen molar-refractivity contribution in [2.45, 2.75) is 11.3 Å². The average Bonchev–Trinajstić information content (AvgIpc) is 2.68. The van der Waals surface area contributed by atoms with E-state index in [9.17, 15) is 13.2 Å². The van der Waals surface area contributed by atoms with Gasteiger partial charge in [-0.3, -0.25) is 4.79 Å². The van der Waals surface area contributed by atoms with Crippen molar-refractivity contribution in [2.24, 2.45) is 0 Å². The van der Waals surface area contributed by atoms with Gasteiger partial charge in [-0.25, -0.2) is 12.7 Å². The summed E-state index contributed by atoms with van der Waals surface area (Å²) >= 11 is 6.19. The van der Waals surface area contributed by atoms with Crippen molar-refractivity contribution < 1.29 is 13.2 Å². The number of amides is 1. The van der Waals surface area contributed by atoms with Gasteiger partial charge in [-0.15, -0.1) is 0 Å². The molecule has 1 aliphatic heterocycles. The second-order valence-electron chi connectivity index (χ2n) is 6.53. The SMILES string of the molecule is CN(C)S(=O)(=O)c1ccc(Cl)c(C(=O)N2CC=C(c3ccccc3)CC2)c1. The van der Waals surface area contributed by atoms with Gasteiger partial charge in [-0.05, 0) is 35.8 Å². The predicted molar refractivity (Wildman–Crippen MR) is 107 cm³/mol. The van der Waals surface area contributed by atoms with Gasteiger partial charge in [-0.1, -0.05) is 48.0 Å². The van der Waals surface area contributed by atoms with Gasteiger partial charge in [0.25, 0.3) is 5.91 Å². The Morgan fingerprint density at radius 3 is 2.41 bits per heavy atom. The Kier molecular flexibility index (Phi) is 5.69. The molecule has 142 valence electrons. The number of nitrogens with zero attached hydrogens (tertiary/aromatic N) is 2. The average molecular weight is 405 g/mol. The highest BCUT2D eigenvalue weighted by atomic mass is 35.5. The lowest BCUT2D eigenvalue weighted by Gasteiger charge is -2.27. The Bertz CT molecular complexity index is 986. The monoisotopic (exact) mass is 404 g/mol. The summed E-state index contributed by atoms with van der Waals surface area (Å²) in [4.78, 5) is 14.7. The van der Waals surface area contributed by atoms with Crippen LogP contribution in [0.15, 0.2) is 59.5 Å². The third-order valence-corrected chi connectivity index (χ3v) is 6.73. The molecule has 0 unspecified atom stereocenters. The zero-order chi connectivity index (χ0) is 19.6. The van der Waals surface area contributed by atoms with Gasteiger partial charge in [-0.2, -0.15) is 0 Å². The minimum atomic E-state index is -3.63. The number of benzene rings is 2. The summed E-state index contributed by atoms with van der Waals surface area (Å²) in [6, 6.07) is 14.3. The maximum absolute atomic E-state index is 12.9.